The van der Waals surface area contributed by atoms with Crippen molar-refractivity contribution in [3.05, 3.63) is 72.1 Å². The van der Waals surface area contributed by atoms with Crippen LogP contribution < -0.4 is 10.2 Å². The second kappa shape index (κ2) is 7.52. The van der Waals surface area contributed by atoms with Crippen LogP contribution in [-0.2, 0) is 11.2 Å². The highest BCUT2D eigenvalue weighted by atomic mass is 16.5. The first kappa shape index (κ1) is 18.1. The van der Waals surface area contributed by atoms with Gasteiger partial charge in [-0.05, 0) is 35.7 Å². The summed E-state index contributed by atoms with van der Waals surface area (Å²) < 4.78 is 7.24. The molecule has 0 spiro atoms. The van der Waals surface area contributed by atoms with E-state index in [0.29, 0.717) is 0 Å². The lowest BCUT2D eigenvalue weighted by molar-refractivity contribution is 0.122. The summed E-state index contributed by atoms with van der Waals surface area (Å²) in [6, 6.07) is 14.6. The van der Waals surface area contributed by atoms with Gasteiger partial charge in [0.25, 0.3) is 0 Å². The Morgan fingerprint density at radius 1 is 1.00 bits per heavy atom. The maximum absolute atomic E-state index is 5.44. The summed E-state index contributed by atoms with van der Waals surface area (Å²) in [6.07, 6.45) is 9.01. The molecule has 2 aliphatic rings. The monoisotopic (exact) mass is 410 g/mol. The average Bonchev–Trinajstić information content (AvgIpc) is 3.49. The number of aromatic nitrogens is 4. The van der Waals surface area contributed by atoms with Crippen LogP contribution in [0, 0.1) is 0 Å². The molecule has 0 radical (unpaired) electrons. The fourth-order valence-electron chi connectivity index (χ4n) is 4.17. The Balaban J connectivity index is 1.32. The van der Waals surface area contributed by atoms with Crippen molar-refractivity contribution < 1.29 is 4.74 Å². The van der Waals surface area contributed by atoms with Crippen LogP contribution in [0.1, 0.15) is 11.1 Å². The minimum atomic E-state index is 0.760. The summed E-state index contributed by atoms with van der Waals surface area (Å²) in [5.41, 5.74) is 6.54. The number of benzene rings is 1. The predicted octanol–water partition coefficient (Wildman–Crippen LogP) is 3.94. The van der Waals surface area contributed by atoms with E-state index >= 15 is 0 Å². The molecule has 1 fully saturated rings. The summed E-state index contributed by atoms with van der Waals surface area (Å²) in [5.74, 6) is 1.60. The lowest BCUT2D eigenvalue weighted by atomic mass is 10.0. The third-order valence-electron chi connectivity index (χ3n) is 5.81. The number of ether oxygens (including phenoxy) is 1. The van der Waals surface area contributed by atoms with Crippen molar-refractivity contribution in [3.63, 3.8) is 0 Å². The minimum Gasteiger partial charge on any atom is -0.378 e. The highest BCUT2D eigenvalue weighted by molar-refractivity contribution is 5.72. The SMILES string of the molecule is C1=Cc2ccc(-c3cc(Nc4ccc(N5CCOCC5)cn4)n4nccc4n3)cc2C1. The van der Waals surface area contributed by atoms with E-state index in [1.54, 1.807) is 10.7 Å². The molecule has 0 atom stereocenters. The number of pyridine rings is 1. The molecule has 1 aromatic carbocycles. The zero-order chi connectivity index (χ0) is 20.6. The van der Waals surface area contributed by atoms with Crippen LogP contribution in [-0.4, -0.2) is 45.9 Å². The first-order chi connectivity index (χ1) is 15.3. The van der Waals surface area contributed by atoms with Crippen LogP contribution in [0.25, 0.3) is 23.0 Å². The molecule has 4 aromatic rings. The van der Waals surface area contributed by atoms with Gasteiger partial charge in [0, 0.05) is 30.8 Å². The molecule has 0 amide bonds. The van der Waals surface area contributed by atoms with Gasteiger partial charge in [0.15, 0.2) is 5.65 Å². The average molecular weight is 410 g/mol. The van der Waals surface area contributed by atoms with E-state index in [1.165, 1.54) is 11.1 Å². The quantitative estimate of drug-likeness (QED) is 0.550. The van der Waals surface area contributed by atoms with E-state index in [9.17, 15) is 0 Å². The Labute approximate surface area is 180 Å². The van der Waals surface area contributed by atoms with E-state index in [2.05, 4.69) is 56.7 Å². The van der Waals surface area contributed by atoms with Crippen molar-refractivity contribution in [2.75, 3.05) is 36.5 Å². The molecule has 1 aliphatic carbocycles. The Morgan fingerprint density at radius 2 is 1.94 bits per heavy atom. The molecule has 4 heterocycles. The maximum Gasteiger partial charge on any atom is 0.157 e. The Bertz CT molecular complexity index is 1270. The molecule has 31 heavy (non-hydrogen) atoms. The van der Waals surface area contributed by atoms with E-state index < -0.39 is 0 Å². The number of hydrogen-bond donors (Lipinski definition) is 1. The predicted molar refractivity (Wildman–Crippen MR) is 122 cm³/mol. The van der Waals surface area contributed by atoms with Crippen LogP contribution in [0.4, 0.5) is 17.3 Å². The summed E-state index contributed by atoms with van der Waals surface area (Å²) in [7, 11) is 0. The molecule has 0 unspecified atom stereocenters. The van der Waals surface area contributed by atoms with Crippen molar-refractivity contribution in [1.29, 1.82) is 0 Å². The molecular formula is C24H22N6O. The summed E-state index contributed by atoms with van der Waals surface area (Å²) >= 11 is 0. The van der Waals surface area contributed by atoms with Gasteiger partial charge >= 0.3 is 0 Å². The number of rotatable bonds is 4. The maximum atomic E-state index is 5.44. The third-order valence-corrected chi connectivity index (χ3v) is 5.81. The van der Waals surface area contributed by atoms with Gasteiger partial charge in [-0.15, -0.1) is 0 Å². The zero-order valence-corrected chi connectivity index (χ0v) is 17.0. The van der Waals surface area contributed by atoms with Crippen molar-refractivity contribution in [3.8, 4) is 11.3 Å². The molecule has 3 aromatic heterocycles. The van der Waals surface area contributed by atoms with E-state index in [-0.39, 0.29) is 0 Å². The summed E-state index contributed by atoms with van der Waals surface area (Å²) in [5, 5.41) is 7.85. The van der Waals surface area contributed by atoms with Gasteiger partial charge in [-0.3, -0.25) is 0 Å². The molecule has 6 rings (SSSR count). The van der Waals surface area contributed by atoms with Gasteiger partial charge in [-0.25, -0.2) is 9.97 Å². The highest BCUT2D eigenvalue weighted by Crippen LogP contribution is 2.29. The van der Waals surface area contributed by atoms with Crippen molar-refractivity contribution in [2.24, 2.45) is 0 Å². The molecule has 1 N–H and O–H groups in total. The molecule has 1 aliphatic heterocycles. The fraction of sp³-hybridized carbons (Fsp3) is 0.208. The molecule has 0 bridgehead atoms. The van der Waals surface area contributed by atoms with E-state index in [1.807, 2.05) is 24.4 Å². The Hall–Kier alpha value is -3.71. The van der Waals surface area contributed by atoms with Gasteiger partial charge in [0.05, 0.1) is 37.0 Å². The number of anilines is 3. The lowest BCUT2D eigenvalue weighted by Crippen LogP contribution is -2.36. The number of fused-ring (bicyclic) bond motifs is 2. The number of allylic oxidation sites excluding steroid dienone is 1. The first-order valence-electron chi connectivity index (χ1n) is 10.5. The largest absolute Gasteiger partial charge is 0.378 e. The second-order valence-corrected chi connectivity index (χ2v) is 7.77. The van der Waals surface area contributed by atoms with Crippen LogP contribution in [0.15, 0.2) is 60.9 Å². The highest BCUT2D eigenvalue weighted by Gasteiger charge is 2.14. The number of nitrogens with one attached hydrogen (secondary N) is 1. The molecule has 1 saturated heterocycles. The normalized spacial score (nSPS) is 15.4. The lowest BCUT2D eigenvalue weighted by Gasteiger charge is -2.28. The summed E-state index contributed by atoms with van der Waals surface area (Å²) in [4.78, 5) is 11.7. The smallest absolute Gasteiger partial charge is 0.157 e. The van der Waals surface area contributed by atoms with Crippen LogP contribution >= 0.6 is 0 Å². The van der Waals surface area contributed by atoms with Gasteiger partial charge in [0.2, 0.25) is 0 Å². The third kappa shape index (κ3) is 3.43. The van der Waals surface area contributed by atoms with Crippen LogP contribution in [0.5, 0.6) is 0 Å². The van der Waals surface area contributed by atoms with Crippen molar-refractivity contribution in [2.45, 2.75) is 6.42 Å². The van der Waals surface area contributed by atoms with Gasteiger partial charge in [-0.1, -0.05) is 24.3 Å². The number of morpholine rings is 1. The van der Waals surface area contributed by atoms with Crippen molar-refractivity contribution >= 4 is 29.0 Å². The molecule has 154 valence electrons. The van der Waals surface area contributed by atoms with Gasteiger partial charge < -0.3 is 15.0 Å². The van der Waals surface area contributed by atoms with E-state index in [0.717, 1.165) is 67.0 Å². The second-order valence-electron chi connectivity index (χ2n) is 7.77. The van der Waals surface area contributed by atoms with E-state index in [4.69, 9.17) is 9.72 Å². The van der Waals surface area contributed by atoms with Gasteiger partial charge in [-0.2, -0.15) is 9.61 Å². The Morgan fingerprint density at radius 3 is 2.81 bits per heavy atom. The minimum absolute atomic E-state index is 0.760. The first-order valence-corrected chi connectivity index (χ1v) is 10.5. The van der Waals surface area contributed by atoms with Gasteiger partial charge in [0.1, 0.15) is 11.6 Å². The molecule has 7 heteroatoms. The molecule has 7 nitrogen and oxygen atoms in total. The number of nitrogens with zero attached hydrogens (tertiary/aromatic N) is 5. The van der Waals surface area contributed by atoms with Crippen LogP contribution in [0.2, 0.25) is 0 Å². The Kier molecular flexibility index (Phi) is 4.39. The molecular weight excluding hydrogens is 388 g/mol. The zero-order valence-electron chi connectivity index (χ0n) is 17.0. The molecule has 0 saturated carbocycles. The van der Waals surface area contributed by atoms with Crippen LogP contribution in [0.3, 0.4) is 0 Å². The van der Waals surface area contributed by atoms with Crippen molar-refractivity contribution in [1.82, 2.24) is 19.6 Å². The topological polar surface area (TPSA) is 67.6 Å². The fourth-order valence-corrected chi connectivity index (χ4v) is 4.17. The number of hydrogen-bond acceptors (Lipinski definition) is 6. The summed E-state index contributed by atoms with van der Waals surface area (Å²) in [6.45, 7) is 3.31. The standard InChI is InChI=1S/C24H22N6O/c1-2-17-4-5-19(14-18(17)3-1)21-15-24(30-23(27-21)8-9-26-30)28-22-7-6-20(16-25-22)29-10-12-31-13-11-29/h1-2,4-9,14-16H,3,10-13H2,(H,25,28).